The summed E-state index contributed by atoms with van der Waals surface area (Å²) < 4.78 is 4.64. The number of amides is 1. The van der Waals surface area contributed by atoms with Gasteiger partial charge in [0.05, 0.1) is 7.11 Å². The van der Waals surface area contributed by atoms with Crippen LogP contribution in [-0.4, -0.2) is 47.7 Å². The minimum atomic E-state index is -1.25. The molecule has 0 bridgehead atoms. The van der Waals surface area contributed by atoms with Crippen LogP contribution in [0.25, 0.3) is 0 Å². The Hall–Kier alpha value is -0.850. The summed E-state index contributed by atoms with van der Waals surface area (Å²) in [5.74, 6) is 0.774. The predicted molar refractivity (Wildman–Crippen MR) is 82.4 cm³/mol. The van der Waals surface area contributed by atoms with Crippen molar-refractivity contribution in [1.82, 2.24) is 10.2 Å². The second kappa shape index (κ2) is 6.94. The van der Waals surface area contributed by atoms with Crippen molar-refractivity contribution in [3.8, 4) is 0 Å². The van der Waals surface area contributed by atoms with Gasteiger partial charge < -0.3 is 15.6 Å². The van der Waals surface area contributed by atoms with E-state index in [2.05, 4.69) is 30.8 Å². The van der Waals surface area contributed by atoms with Crippen molar-refractivity contribution in [1.29, 1.82) is 0 Å². The summed E-state index contributed by atoms with van der Waals surface area (Å²) in [5, 5.41) is 13.5. The first-order chi connectivity index (χ1) is 9.63. The van der Waals surface area contributed by atoms with Crippen LogP contribution in [0.5, 0.6) is 0 Å². The zero-order chi connectivity index (χ0) is 16.4. The molecule has 6 heteroatoms. The maximum Gasteiger partial charge on any atom is 0.408 e. The fraction of sp³-hybridized carbons (Fsp3) is 0.933. The van der Waals surface area contributed by atoms with Crippen LogP contribution < -0.4 is 11.1 Å². The van der Waals surface area contributed by atoms with E-state index < -0.39 is 18.0 Å². The molecule has 0 radical (unpaired) electrons. The second-order valence-corrected chi connectivity index (χ2v) is 6.93. The molecule has 1 heterocycles. The van der Waals surface area contributed by atoms with Crippen LogP contribution in [0.1, 0.15) is 41.0 Å². The SMILES string of the molecule is COC(=O)N[C@@](N)(C(C)C)C(O)N1C[C@H](C)CC1C(C)C. The Morgan fingerprint density at radius 2 is 2.00 bits per heavy atom. The lowest BCUT2D eigenvalue weighted by atomic mass is 9.92. The van der Waals surface area contributed by atoms with E-state index in [9.17, 15) is 9.90 Å². The number of carbonyl (C=O) groups excluding carboxylic acids is 1. The average Bonchev–Trinajstić information content (AvgIpc) is 2.79. The number of nitrogens with zero attached hydrogens (tertiary/aromatic N) is 1. The molecule has 1 rings (SSSR count). The van der Waals surface area contributed by atoms with E-state index in [0.29, 0.717) is 11.8 Å². The molecule has 1 amide bonds. The van der Waals surface area contributed by atoms with Gasteiger partial charge in [-0.3, -0.25) is 10.2 Å². The fourth-order valence-electron chi connectivity index (χ4n) is 3.06. The Morgan fingerprint density at radius 1 is 1.43 bits per heavy atom. The van der Waals surface area contributed by atoms with Crippen molar-refractivity contribution >= 4 is 6.09 Å². The lowest BCUT2D eigenvalue weighted by Crippen LogP contribution is -2.71. The van der Waals surface area contributed by atoms with Gasteiger partial charge >= 0.3 is 6.09 Å². The normalized spacial score (nSPS) is 27.7. The van der Waals surface area contributed by atoms with Crippen LogP contribution >= 0.6 is 0 Å². The van der Waals surface area contributed by atoms with Gasteiger partial charge in [-0.15, -0.1) is 0 Å². The highest BCUT2D eigenvalue weighted by Crippen LogP contribution is 2.32. The Balaban J connectivity index is 2.99. The fourth-order valence-corrected chi connectivity index (χ4v) is 3.06. The molecule has 1 aliphatic heterocycles. The summed E-state index contributed by atoms with van der Waals surface area (Å²) in [6.45, 7) is 11.0. The van der Waals surface area contributed by atoms with Crippen LogP contribution in [0.15, 0.2) is 0 Å². The highest BCUT2D eigenvalue weighted by atomic mass is 16.5. The van der Waals surface area contributed by atoms with Crippen molar-refractivity contribution in [2.24, 2.45) is 23.5 Å². The summed E-state index contributed by atoms with van der Waals surface area (Å²) in [6, 6.07) is 0.260. The number of likely N-dealkylation sites (tertiary alicyclic amines) is 1. The summed E-state index contributed by atoms with van der Waals surface area (Å²) in [5.41, 5.74) is 5.10. The molecule has 2 unspecified atom stereocenters. The second-order valence-electron chi connectivity index (χ2n) is 6.93. The highest BCUT2D eigenvalue weighted by molar-refractivity contribution is 5.68. The molecule has 0 saturated carbocycles. The third kappa shape index (κ3) is 3.87. The molecule has 1 fully saturated rings. The molecule has 1 aliphatic rings. The van der Waals surface area contributed by atoms with Gasteiger partial charge in [0.2, 0.25) is 0 Å². The number of nitrogens with two attached hydrogens (primary N) is 1. The van der Waals surface area contributed by atoms with Gasteiger partial charge in [-0.25, -0.2) is 4.79 Å². The van der Waals surface area contributed by atoms with E-state index in [1.165, 1.54) is 7.11 Å². The average molecular weight is 301 g/mol. The Morgan fingerprint density at radius 3 is 2.43 bits per heavy atom. The number of hydrogen-bond donors (Lipinski definition) is 3. The molecular formula is C15H31N3O3. The van der Waals surface area contributed by atoms with Gasteiger partial charge in [0, 0.05) is 12.6 Å². The number of aliphatic hydroxyl groups excluding tert-OH is 1. The van der Waals surface area contributed by atoms with Crippen LogP contribution in [0.3, 0.4) is 0 Å². The molecule has 0 aromatic carbocycles. The van der Waals surface area contributed by atoms with Crippen molar-refractivity contribution in [2.75, 3.05) is 13.7 Å². The third-order valence-electron chi connectivity index (χ3n) is 4.56. The predicted octanol–water partition coefficient (Wildman–Crippen LogP) is 1.34. The maximum atomic E-state index is 11.6. The van der Waals surface area contributed by atoms with E-state index in [1.807, 2.05) is 18.7 Å². The molecule has 0 spiro atoms. The quantitative estimate of drug-likeness (QED) is 0.667. The van der Waals surface area contributed by atoms with Crippen LogP contribution in [-0.2, 0) is 4.74 Å². The first kappa shape index (κ1) is 18.2. The number of rotatable bonds is 5. The number of carbonyl (C=O) groups is 1. The largest absolute Gasteiger partial charge is 0.453 e. The van der Waals surface area contributed by atoms with Gasteiger partial charge in [-0.1, -0.05) is 34.6 Å². The lowest BCUT2D eigenvalue weighted by Gasteiger charge is -2.44. The summed E-state index contributed by atoms with van der Waals surface area (Å²) in [6.07, 6.45) is -0.547. The van der Waals surface area contributed by atoms with Gasteiger partial charge in [0.15, 0.2) is 0 Å². The zero-order valence-electron chi connectivity index (χ0n) is 14.1. The Kier molecular flexibility index (Phi) is 6.01. The molecular weight excluding hydrogens is 270 g/mol. The Bertz CT molecular complexity index is 362. The smallest absolute Gasteiger partial charge is 0.408 e. The highest BCUT2D eigenvalue weighted by Gasteiger charge is 2.47. The van der Waals surface area contributed by atoms with Crippen molar-refractivity contribution in [2.45, 2.75) is 59.0 Å². The molecule has 124 valence electrons. The summed E-state index contributed by atoms with van der Waals surface area (Å²) in [4.78, 5) is 13.6. The third-order valence-corrected chi connectivity index (χ3v) is 4.56. The van der Waals surface area contributed by atoms with E-state index in [4.69, 9.17) is 5.73 Å². The first-order valence-electron chi connectivity index (χ1n) is 7.72. The molecule has 21 heavy (non-hydrogen) atoms. The van der Waals surface area contributed by atoms with Crippen LogP contribution in [0.2, 0.25) is 0 Å². The van der Waals surface area contributed by atoms with Gasteiger partial charge in [-0.05, 0) is 24.2 Å². The molecule has 0 aromatic rings. The van der Waals surface area contributed by atoms with Crippen molar-refractivity contribution in [3.05, 3.63) is 0 Å². The number of nitrogens with one attached hydrogen (secondary N) is 1. The number of methoxy groups -OCH3 is 1. The molecule has 4 N–H and O–H groups in total. The topological polar surface area (TPSA) is 87.8 Å². The van der Waals surface area contributed by atoms with Crippen LogP contribution in [0, 0.1) is 17.8 Å². The number of alkyl carbamates (subject to hydrolysis) is 1. The lowest BCUT2D eigenvalue weighted by molar-refractivity contribution is -0.0924. The van der Waals surface area contributed by atoms with Crippen LogP contribution in [0.4, 0.5) is 4.79 Å². The molecule has 0 aromatic heterocycles. The van der Waals surface area contributed by atoms with E-state index in [1.54, 1.807) is 0 Å². The zero-order valence-corrected chi connectivity index (χ0v) is 14.1. The Labute approximate surface area is 128 Å². The van der Waals surface area contributed by atoms with Gasteiger partial charge in [0.1, 0.15) is 11.9 Å². The van der Waals surface area contributed by atoms with Crippen molar-refractivity contribution < 1.29 is 14.6 Å². The van der Waals surface area contributed by atoms with Crippen molar-refractivity contribution in [3.63, 3.8) is 0 Å². The summed E-state index contributed by atoms with van der Waals surface area (Å²) in [7, 11) is 1.29. The molecule has 4 atom stereocenters. The number of ether oxygens (including phenoxy) is 1. The number of hydrogen-bond acceptors (Lipinski definition) is 5. The summed E-state index contributed by atoms with van der Waals surface area (Å²) >= 11 is 0. The minimum absolute atomic E-state index is 0.143. The minimum Gasteiger partial charge on any atom is -0.453 e. The van der Waals surface area contributed by atoms with E-state index in [-0.39, 0.29) is 12.0 Å². The standard InChI is InChI=1S/C15H31N3O3/c1-9(2)12-7-11(5)8-18(12)13(19)15(16,10(3)4)17-14(20)21-6/h9-13,19H,7-8,16H2,1-6H3,(H,17,20)/t11-,12?,13?,15+/m1/s1. The van der Waals surface area contributed by atoms with E-state index in [0.717, 1.165) is 13.0 Å². The molecule has 1 saturated heterocycles. The number of aliphatic hydroxyl groups is 1. The molecule has 6 nitrogen and oxygen atoms in total. The maximum absolute atomic E-state index is 11.6. The first-order valence-corrected chi connectivity index (χ1v) is 7.72. The van der Waals surface area contributed by atoms with Gasteiger partial charge in [0.25, 0.3) is 0 Å². The monoisotopic (exact) mass is 301 g/mol. The molecule has 0 aliphatic carbocycles. The van der Waals surface area contributed by atoms with Gasteiger partial charge in [-0.2, -0.15) is 0 Å². The van der Waals surface area contributed by atoms with E-state index >= 15 is 0 Å².